The van der Waals surface area contributed by atoms with Crippen molar-refractivity contribution in [3.63, 3.8) is 0 Å². The van der Waals surface area contributed by atoms with Crippen LogP contribution in [0.4, 0.5) is 0 Å². The quantitative estimate of drug-likeness (QED) is 0.290. The largest absolute Gasteiger partial charge is 0.408 e. The van der Waals surface area contributed by atoms with Crippen LogP contribution < -0.4 is 5.73 Å². The fourth-order valence-electron chi connectivity index (χ4n) is 1.02. The molecule has 4 nitrogen and oxygen atoms in total. The SMILES string of the molecule is CC(C)CN(C(N)=NO)C(C)C. The maximum atomic E-state index is 8.49. The molecule has 0 aromatic heterocycles. The first-order chi connectivity index (χ1) is 5.49. The Bertz CT molecular complexity index is 154. The van der Waals surface area contributed by atoms with E-state index in [0.717, 1.165) is 6.54 Å². The van der Waals surface area contributed by atoms with Crippen LogP contribution in [-0.4, -0.2) is 28.7 Å². The van der Waals surface area contributed by atoms with Crippen LogP contribution >= 0.6 is 0 Å². The summed E-state index contributed by atoms with van der Waals surface area (Å²) in [4.78, 5) is 1.87. The van der Waals surface area contributed by atoms with Crippen molar-refractivity contribution in [1.82, 2.24) is 4.90 Å². The lowest BCUT2D eigenvalue weighted by molar-refractivity contribution is 0.267. The molecular weight excluding hydrogens is 154 g/mol. The summed E-state index contributed by atoms with van der Waals surface area (Å²) in [6.07, 6.45) is 0. The van der Waals surface area contributed by atoms with Crippen LogP contribution in [0.15, 0.2) is 5.16 Å². The Labute approximate surface area is 74.0 Å². The molecule has 4 heteroatoms. The van der Waals surface area contributed by atoms with Crippen LogP contribution in [0, 0.1) is 5.92 Å². The molecule has 0 saturated heterocycles. The summed E-state index contributed by atoms with van der Waals surface area (Å²) in [5, 5.41) is 11.5. The van der Waals surface area contributed by atoms with Crippen LogP contribution in [0.1, 0.15) is 27.7 Å². The molecule has 0 aliphatic carbocycles. The molecule has 0 aliphatic heterocycles. The molecule has 72 valence electrons. The third-order valence-corrected chi connectivity index (χ3v) is 1.58. The molecular formula is C8H19N3O. The van der Waals surface area contributed by atoms with Gasteiger partial charge in [0.25, 0.3) is 0 Å². The van der Waals surface area contributed by atoms with Gasteiger partial charge in [-0.25, -0.2) is 0 Å². The van der Waals surface area contributed by atoms with Crippen molar-refractivity contribution in [3.05, 3.63) is 0 Å². The number of hydrogen-bond donors (Lipinski definition) is 2. The molecule has 0 bridgehead atoms. The summed E-state index contributed by atoms with van der Waals surface area (Å²) < 4.78 is 0. The Morgan fingerprint density at radius 1 is 1.42 bits per heavy atom. The van der Waals surface area contributed by atoms with E-state index in [4.69, 9.17) is 10.9 Å². The van der Waals surface area contributed by atoms with E-state index in [-0.39, 0.29) is 12.0 Å². The minimum atomic E-state index is 0.193. The zero-order valence-electron chi connectivity index (χ0n) is 8.28. The molecule has 0 spiro atoms. The first kappa shape index (κ1) is 11.1. The van der Waals surface area contributed by atoms with Crippen LogP contribution in [0.5, 0.6) is 0 Å². The standard InChI is InChI=1S/C8H19N3O/c1-6(2)5-11(7(3)4)8(9)10-12/h6-7,12H,5H2,1-4H3,(H2,9,10). The molecule has 0 aliphatic rings. The van der Waals surface area contributed by atoms with E-state index < -0.39 is 0 Å². The highest BCUT2D eigenvalue weighted by Gasteiger charge is 2.13. The molecule has 0 rings (SSSR count). The summed E-state index contributed by atoms with van der Waals surface area (Å²) in [5.41, 5.74) is 5.49. The highest BCUT2D eigenvalue weighted by molar-refractivity contribution is 5.77. The van der Waals surface area contributed by atoms with Gasteiger partial charge < -0.3 is 15.8 Å². The Hall–Kier alpha value is -0.930. The molecule has 0 amide bonds. The third kappa shape index (κ3) is 3.46. The summed E-state index contributed by atoms with van der Waals surface area (Å²) in [6.45, 7) is 9.04. The zero-order valence-corrected chi connectivity index (χ0v) is 8.28. The van der Waals surface area contributed by atoms with Gasteiger partial charge in [0.05, 0.1) is 0 Å². The molecule has 0 aromatic carbocycles. The van der Waals surface area contributed by atoms with E-state index in [1.807, 2.05) is 18.7 Å². The van der Waals surface area contributed by atoms with Gasteiger partial charge in [-0.05, 0) is 19.8 Å². The Morgan fingerprint density at radius 3 is 2.17 bits per heavy atom. The van der Waals surface area contributed by atoms with Crippen molar-refractivity contribution >= 4 is 5.96 Å². The van der Waals surface area contributed by atoms with Crippen molar-refractivity contribution in [2.24, 2.45) is 16.8 Å². The molecule has 0 fully saturated rings. The van der Waals surface area contributed by atoms with Gasteiger partial charge in [-0.3, -0.25) is 0 Å². The fourth-order valence-corrected chi connectivity index (χ4v) is 1.02. The highest BCUT2D eigenvalue weighted by atomic mass is 16.4. The summed E-state index contributed by atoms with van der Waals surface area (Å²) >= 11 is 0. The van der Waals surface area contributed by atoms with Gasteiger partial charge in [-0.1, -0.05) is 19.0 Å². The second kappa shape index (κ2) is 4.85. The van der Waals surface area contributed by atoms with Gasteiger partial charge in [-0.15, -0.1) is 0 Å². The monoisotopic (exact) mass is 173 g/mol. The van der Waals surface area contributed by atoms with Crippen molar-refractivity contribution in [2.75, 3.05) is 6.54 Å². The van der Waals surface area contributed by atoms with Crippen molar-refractivity contribution in [1.29, 1.82) is 0 Å². The first-order valence-corrected chi connectivity index (χ1v) is 4.23. The molecule has 0 heterocycles. The van der Waals surface area contributed by atoms with Crippen molar-refractivity contribution < 1.29 is 5.21 Å². The van der Waals surface area contributed by atoms with Crippen LogP contribution in [-0.2, 0) is 0 Å². The third-order valence-electron chi connectivity index (χ3n) is 1.58. The molecule has 12 heavy (non-hydrogen) atoms. The lowest BCUT2D eigenvalue weighted by Gasteiger charge is -2.28. The van der Waals surface area contributed by atoms with E-state index in [2.05, 4.69) is 19.0 Å². The van der Waals surface area contributed by atoms with E-state index in [9.17, 15) is 0 Å². The molecule has 3 N–H and O–H groups in total. The highest BCUT2D eigenvalue weighted by Crippen LogP contribution is 2.03. The topological polar surface area (TPSA) is 61.8 Å². The smallest absolute Gasteiger partial charge is 0.233 e. The van der Waals surface area contributed by atoms with E-state index in [0.29, 0.717) is 5.92 Å². The van der Waals surface area contributed by atoms with Crippen LogP contribution in [0.25, 0.3) is 0 Å². The molecule has 0 atom stereocenters. The van der Waals surface area contributed by atoms with E-state index in [1.54, 1.807) is 0 Å². The minimum absolute atomic E-state index is 0.193. The Kier molecular flexibility index (Phi) is 4.47. The molecule has 0 aromatic rings. The van der Waals surface area contributed by atoms with E-state index >= 15 is 0 Å². The normalized spacial score (nSPS) is 12.7. The lowest BCUT2D eigenvalue weighted by Crippen LogP contribution is -2.44. The molecule has 0 unspecified atom stereocenters. The molecule has 0 radical (unpaired) electrons. The number of guanidine groups is 1. The fraction of sp³-hybridized carbons (Fsp3) is 0.875. The van der Waals surface area contributed by atoms with Gasteiger partial charge in [0.15, 0.2) is 0 Å². The van der Waals surface area contributed by atoms with E-state index in [1.165, 1.54) is 0 Å². The second-order valence-corrected chi connectivity index (χ2v) is 3.60. The Morgan fingerprint density at radius 2 is 1.92 bits per heavy atom. The summed E-state index contributed by atoms with van der Waals surface area (Å²) in [6, 6.07) is 0.267. The van der Waals surface area contributed by atoms with Crippen molar-refractivity contribution in [3.8, 4) is 0 Å². The first-order valence-electron chi connectivity index (χ1n) is 4.23. The molecule has 0 saturated carbocycles. The van der Waals surface area contributed by atoms with Gasteiger partial charge in [-0.2, -0.15) is 0 Å². The number of rotatable bonds is 3. The maximum Gasteiger partial charge on any atom is 0.233 e. The number of nitrogens with zero attached hydrogens (tertiary/aromatic N) is 2. The van der Waals surface area contributed by atoms with Gasteiger partial charge >= 0.3 is 0 Å². The predicted octanol–water partition coefficient (Wildman–Crippen LogP) is 1.06. The average molecular weight is 173 g/mol. The zero-order chi connectivity index (χ0) is 9.72. The summed E-state index contributed by atoms with van der Waals surface area (Å²) in [7, 11) is 0. The maximum absolute atomic E-state index is 8.49. The van der Waals surface area contributed by atoms with Crippen LogP contribution in [0.2, 0.25) is 0 Å². The predicted molar refractivity (Wildman–Crippen MR) is 50.1 cm³/mol. The minimum Gasteiger partial charge on any atom is -0.408 e. The second-order valence-electron chi connectivity index (χ2n) is 3.60. The number of hydrogen-bond acceptors (Lipinski definition) is 2. The van der Waals surface area contributed by atoms with Gasteiger partial charge in [0, 0.05) is 12.6 Å². The average Bonchev–Trinajstić information content (AvgIpc) is 1.98. The van der Waals surface area contributed by atoms with Gasteiger partial charge in [0.1, 0.15) is 0 Å². The number of oxime groups is 1. The summed E-state index contributed by atoms with van der Waals surface area (Å²) in [5.74, 6) is 0.700. The van der Waals surface area contributed by atoms with Crippen molar-refractivity contribution in [2.45, 2.75) is 33.7 Å². The van der Waals surface area contributed by atoms with Crippen LogP contribution in [0.3, 0.4) is 0 Å². The Balaban J connectivity index is 4.24. The number of nitrogens with two attached hydrogens (primary N) is 1. The lowest BCUT2D eigenvalue weighted by atomic mass is 10.2. The van der Waals surface area contributed by atoms with Gasteiger partial charge in [0.2, 0.25) is 5.96 Å².